The predicted octanol–water partition coefficient (Wildman–Crippen LogP) is 1.40. The Labute approximate surface area is 125 Å². The summed E-state index contributed by atoms with van der Waals surface area (Å²) in [5.41, 5.74) is 0.977. The van der Waals surface area contributed by atoms with E-state index in [9.17, 15) is 13.2 Å². The second-order valence-corrected chi connectivity index (χ2v) is 6.33. The molecule has 0 fully saturated rings. The van der Waals surface area contributed by atoms with Gasteiger partial charge in [0, 0.05) is 30.3 Å². The summed E-state index contributed by atoms with van der Waals surface area (Å²) in [6.07, 6.45) is 2.89. The van der Waals surface area contributed by atoms with E-state index in [1.54, 1.807) is 13.1 Å². The minimum Gasteiger partial charge on any atom is -0.478 e. The number of aryl methyl sites for hydroxylation is 1. The summed E-state index contributed by atoms with van der Waals surface area (Å²) < 4.78 is 28.1. The highest BCUT2D eigenvalue weighted by molar-refractivity contribution is 7.92. The lowest BCUT2D eigenvalue weighted by molar-refractivity contribution is 0.0699. The van der Waals surface area contributed by atoms with Crippen LogP contribution in [0.2, 0.25) is 0 Å². The first-order chi connectivity index (χ1) is 10.4. The highest BCUT2D eigenvalue weighted by Crippen LogP contribution is 2.23. The van der Waals surface area contributed by atoms with E-state index in [2.05, 4.69) is 14.8 Å². The van der Waals surface area contributed by atoms with Crippen molar-refractivity contribution in [2.45, 2.75) is 5.03 Å². The van der Waals surface area contributed by atoms with Gasteiger partial charge >= 0.3 is 5.97 Å². The third-order valence-corrected chi connectivity index (χ3v) is 4.40. The Balaban J connectivity index is 1.96. The quantitative estimate of drug-likeness (QED) is 0.671. The van der Waals surface area contributed by atoms with Crippen LogP contribution < -0.4 is 4.72 Å². The van der Waals surface area contributed by atoms with E-state index in [-0.39, 0.29) is 10.6 Å². The first-order valence-electron chi connectivity index (χ1n) is 6.24. The lowest BCUT2D eigenvalue weighted by Gasteiger charge is -2.06. The van der Waals surface area contributed by atoms with Crippen LogP contribution in [0.1, 0.15) is 10.4 Å². The number of carboxylic acids is 1. The summed E-state index contributed by atoms with van der Waals surface area (Å²) in [6, 6.07) is 5.97. The number of nitrogens with one attached hydrogen (secondary N) is 2. The van der Waals surface area contributed by atoms with E-state index in [0.717, 1.165) is 0 Å². The van der Waals surface area contributed by atoms with E-state index in [4.69, 9.17) is 5.11 Å². The number of aromatic nitrogens is 3. The van der Waals surface area contributed by atoms with Gasteiger partial charge in [-0.25, -0.2) is 4.79 Å². The minimum absolute atomic E-state index is 0.0900. The number of rotatable bonds is 4. The Kier molecular flexibility index (Phi) is 3.14. The van der Waals surface area contributed by atoms with E-state index >= 15 is 0 Å². The van der Waals surface area contributed by atoms with Crippen LogP contribution >= 0.6 is 0 Å². The molecule has 0 aliphatic carbocycles. The van der Waals surface area contributed by atoms with Crippen LogP contribution in [0, 0.1) is 0 Å². The zero-order valence-electron chi connectivity index (χ0n) is 11.4. The fourth-order valence-corrected chi connectivity index (χ4v) is 3.13. The number of carbonyl (C=O) groups is 1. The number of nitrogens with zero attached hydrogens (tertiary/aromatic N) is 2. The van der Waals surface area contributed by atoms with E-state index < -0.39 is 16.0 Å². The van der Waals surface area contributed by atoms with Crippen LogP contribution in [0.3, 0.4) is 0 Å². The van der Waals surface area contributed by atoms with Crippen molar-refractivity contribution in [3.05, 3.63) is 42.2 Å². The number of aromatic amines is 1. The van der Waals surface area contributed by atoms with Crippen LogP contribution in [-0.4, -0.2) is 34.3 Å². The zero-order valence-corrected chi connectivity index (χ0v) is 12.3. The molecular formula is C13H12N4O4S. The van der Waals surface area contributed by atoms with Crippen molar-refractivity contribution in [2.75, 3.05) is 4.72 Å². The number of carboxylic acid groups (broad SMARTS) is 1. The molecule has 0 saturated heterocycles. The number of H-pyrrole nitrogens is 1. The largest absolute Gasteiger partial charge is 0.478 e. The summed E-state index contributed by atoms with van der Waals surface area (Å²) in [5, 5.41) is 13.3. The standard InChI is InChI=1S/C13H12N4O4S/c1-17-5-4-12(15-17)22(20,21)16-8-2-3-9-10(13(18)19)7-14-11(9)6-8/h2-7,14,16H,1H3,(H,18,19). The molecule has 0 aliphatic rings. The molecule has 0 unspecified atom stereocenters. The summed E-state index contributed by atoms with van der Waals surface area (Å²) in [6.45, 7) is 0. The maximum absolute atomic E-state index is 12.2. The third-order valence-electron chi connectivity index (χ3n) is 3.13. The molecule has 8 nitrogen and oxygen atoms in total. The third kappa shape index (κ3) is 2.42. The van der Waals surface area contributed by atoms with Gasteiger partial charge in [-0.15, -0.1) is 0 Å². The molecule has 2 heterocycles. The molecule has 0 aliphatic heterocycles. The Hall–Kier alpha value is -2.81. The molecule has 22 heavy (non-hydrogen) atoms. The average molecular weight is 320 g/mol. The van der Waals surface area contributed by atoms with Crippen molar-refractivity contribution in [1.82, 2.24) is 14.8 Å². The molecule has 3 N–H and O–H groups in total. The SMILES string of the molecule is Cn1ccc(S(=O)(=O)Nc2ccc3c(C(=O)O)c[nH]c3c2)n1. The summed E-state index contributed by atoms with van der Waals surface area (Å²) in [7, 11) is -2.16. The van der Waals surface area contributed by atoms with Crippen molar-refractivity contribution in [1.29, 1.82) is 0 Å². The van der Waals surface area contributed by atoms with Gasteiger partial charge in [-0.05, 0) is 24.3 Å². The fraction of sp³-hybridized carbons (Fsp3) is 0.0769. The van der Waals surface area contributed by atoms with E-state index in [1.165, 1.54) is 35.3 Å². The lowest BCUT2D eigenvalue weighted by Crippen LogP contribution is -2.13. The van der Waals surface area contributed by atoms with Crippen LogP contribution in [-0.2, 0) is 17.1 Å². The normalized spacial score (nSPS) is 11.7. The number of sulfonamides is 1. The second kappa shape index (κ2) is 4.88. The number of benzene rings is 1. The highest BCUT2D eigenvalue weighted by atomic mass is 32.2. The van der Waals surface area contributed by atoms with Gasteiger partial charge in [0.2, 0.25) is 0 Å². The second-order valence-electron chi connectivity index (χ2n) is 4.70. The summed E-state index contributed by atoms with van der Waals surface area (Å²) in [4.78, 5) is 13.8. The first-order valence-corrected chi connectivity index (χ1v) is 7.72. The molecule has 0 amide bonds. The molecule has 1 aromatic carbocycles. The van der Waals surface area contributed by atoms with Gasteiger partial charge < -0.3 is 10.1 Å². The number of hydrogen-bond donors (Lipinski definition) is 3. The van der Waals surface area contributed by atoms with Gasteiger partial charge in [0.05, 0.1) is 11.3 Å². The molecule has 2 aromatic heterocycles. The highest BCUT2D eigenvalue weighted by Gasteiger charge is 2.18. The van der Waals surface area contributed by atoms with Crippen LogP contribution in [0.25, 0.3) is 10.9 Å². The topological polar surface area (TPSA) is 117 Å². The van der Waals surface area contributed by atoms with Crippen molar-refractivity contribution < 1.29 is 18.3 Å². The molecular weight excluding hydrogens is 308 g/mol. The van der Waals surface area contributed by atoms with Gasteiger partial charge in [-0.1, -0.05) is 0 Å². The smallest absolute Gasteiger partial charge is 0.337 e. The molecule has 9 heteroatoms. The molecule has 3 rings (SSSR count). The van der Waals surface area contributed by atoms with Gasteiger partial charge in [0.15, 0.2) is 5.03 Å². The van der Waals surface area contributed by atoms with Gasteiger partial charge in [-0.2, -0.15) is 13.5 Å². The number of aromatic carboxylic acids is 1. The monoisotopic (exact) mass is 320 g/mol. The Bertz CT molecular complexity index is 971. The summed E-state index contributed by atoms with van der Waals surface area (Å²) in [5.74, 6) is -1.05. The van der Waals surface area contributed by atoms with Crippen molar-refractivity contribution >= 4 is 32.6 Å². The van der Waals surface area contributed by atoms with Gasteiger partial charge in [0.1, 0.15) is 0 Å². The maximum atomic E-state index is 12.2. The van der Waals surface area contributed by atoms with Crippen LogP contribution in [0.5, 0.6) is 0 Å². The zero-order chi connectivity index (χ0) is 15.9. The molecule has 0 bridgehead atoms. The van der Waals surface area contributed by atoms with Crippen LogP contribution in [0.15, 0.2) is 41.7 Å². The van der Waals surface area contributed by atoms with Crippen molar-refractivity contribution in [2.24, 2.45) is 7.05 Å². The maximum Gasteiger partial charge on any atom is 0.337 e. The molecule has 0 spiro atoms. The van der Waals surface area contributed by atoms with Gasteiger partial charge in [-0.3, -0.25) is 9.40 Å². The molecule has 0 saturated carbocycles. The van der Waals surface area contributed by atoms with Crippen molar-refractivity contribution in [3.63, 3.8) is 0 Å². The minimum atomic E-state index is -3.78. The Morgan fingerprint density at radius 1 is 1.36 bits per heavy atom. The van der Waals surface area contributed by atoms with E-state index in [1.807, 2.05) is 0 Å². The van der Waals surface area contributed by atoms with E-state index in [0.29, 0.717) is 16.6 Å². The van der Waals surface area contributed by atoms with Crippen LogP contribution in [0.4, 0.5) is 5.69 Å². The van der Waals surface area contributed by atoms with Gasteiger partial charge in [0.25, 0.3) is 10.0 Å². The molecule has 114 valence electrons. The number of hydrogen-bond acceptors (Lipinski definition) is 4. The first kappa shape index (κ1) is 14.1. The molecule has 0 atom stereocenters. The number of anilines is 1. The molecule has 3 aromatic rings. The predicted molar refractivity (Wildman–Crippen MR) is 79.3 cm³/mol. The fourth-order valence-electron chi connectivity index (χ4n) is 2.11. The Morgan fingerprint density at radius 3 is 2.77 bits per heavy atom. The summed E-state index contributed by atoms with van der Waals surface area (Å²) >= 11 is 0. The lowest BCUT2D eigenvalue weighted by atomic mass is 10.1. The Morgan fingerprint density at radius 2 is 2.14 bits per heavy atom. The average Bonchev–Trinajstić information content (AvgIpc) is 3.04. The van der Waals surface area contributed by atoms with Crippen molar-refractivity contribution in [3.8, 4) is 0 Å². The number of fused-ring (bicyclic) bond motifs is 1. The molecule has 0 radical (unpaired) electrons.